The fraction of sp³-hybridized carbons (Fsp3) is 0.208. The maximum atomic E-state index is 13.8. The van der Waals surface area contributed by atoms with E-state index in [0.717, 1.165) is 16.4 Å². The van der Waals surface area contributed by atoms with Crippen LogP contribution in [0.3, 0.4) is 0 Å². The molecule has 0 saturated carbocycles. The molecule has 192 valence electrons. The molecule has 0 aliphatic rings. The Morgan fingerprint density at radius 3 is 2.19 bits per heavy atom. The van der Waals surface area contributed by atoms with Crippen molar-refractivity contribution in [2.45, 2.75) is 4.90 Å². The van der Waals surface area contributed by atoms with Gasteiger partial charge < -0.3 is 24.3 Å². The second-order valence-electron chi connectivity index (χ2n) is 7.24. The summed E-state index contributed by atoms with van der Waals surface area (Å²) in [4.78, 5) is 12.8. The van der Waals surface area contributed by atoms with Gasteiger partial charge in [-0.15, -0.1) is 0 Å². The van der Waals surface area contributed by atoms with Crippen LogP contribution in [-0.2, 0) is 14.8 Å². The van der Waals surface area contributed by atoms with Gasteiger partial charge in [-0.2, -0.15) is 0 Å². The van der Waals surface area contributed by atoms with E-state index in [1.165, 1.54) is 52.7 Å². The SMILES string of the molecule is COc1ccc(NC(=O)CN(c2ccc(F)c(Cl)c2)S(=O)(=O)c2ccc(OC)c(OC)c2)c(OC)c1. The fourth-order valence-corrected chi connectivity index (χ4v) is 4.88. The van der Waals surface area contributed by atoms with Crippen LogP contribution in [0.4, 0.5) is 15.8 Å². The van der Waals surface area contributed by atoms with E-state index < -0.39 is 28.3 Å². The van der Waals surface area contributed by atoms with Gasteiger partial charge in [0.25, 0.3) is 10.0 Å². The first-order chi connectivity index (χ1) is 17.1. The highest BCUT2D eigenvalue weighted by atomic mass is 35.5. The molecule has 1 N–H and O–H groups in total. The Morgan fingerprint density at radius 1 is 0.889 bits per heavy atom. The van der Waals surface area contributed by atoms with Crippen LogP contribution >= 0.6 is 11.6 Å². The molecule has 1 amide bonds. The number of hydrogen-bond acceptors (Lipinski definition) is 7. The van der Waals surface area contributed by atoms with E-state index >= 15 is 0 Å². The first kappa shape index (κ1) is 26.9. The van der Waals surface area contributed by atoms with Crippen molar-refractivity contribution in [3.8, 4) is 23.0 Å². The fourth-order valence-electron chi connectivity index (χ4n) is 3.28. The molecule has 0 spiro atoms. The van der Waals surface area contributed by atoms with E-state index in [9.17, 15) is 17.6 Å². The molecule has 12 heteroatoms. The standard InChI is InChI=1S/C24H24ClFN2O7S/c1-32-16-6-9-20(22(12-16)34-3)27-24(29)14-28(15-5-8-19(26)18(25)11-15)36(30,31)17-7-10-21(33-2)23(13-17)35-4/h5-13H,14H2,1-4H3,(H,27,29). The molecule has 0 atom stereocenters. The number of benzene rings is 3. The number of halogens is 2. The summed E-state index contributed by atoms with van der Waals surface area (Å²) in [5.74, 6) is -0.134. The van der Waals surface area contributed by atoms with E-state index in [4.69, 9.17) is 30.5 Å². The lowest BCUT2D eigenvalue weighted by atomic mass is 10.2. The van der Waals surface area contributed by atoms with Crippen LogP contribution in [-0.4, -0.2) is 49.3 Å². The Hall–Kier alpha value is -3.70. The van der Waals surface area contributed by atoms with Crippen molar-refractivity contribution >= 4 is 38.9 Å². The van der Waals surface area contributed by atoms with Crippen molar-refractivity contribution in [3.63, 3.8) is 0 Å². The summed E-state index contributed by atoms with van der Waals surface area (Å²) >= 11 is 5.91. The molecule has 0 aliphatic carbocycles. The van der Waals surface area contributed by atoms with E-state index in [1.807, 2.05) is 0 Å². The zero-order valence-electron chi connectivity index (χ0n) is 19.9. The Bertz CT molecular complexity index is 1370. The van der Waals surface area contributed by atoms with E-state index in [2.05, 4.69) is 5.32 Å². The first-order valence-electron chi connectivity index (χ1n) is 10.4. The summed E-state index contributed by atoms with van der Waals surface area (Å²) in [5.41, 5.74) is 0.275. The number of rotatable bonds is 10. The molecule has 0 aromatic heterocycles. The summed E-state index contributed by atoms with van der Waals surface area (Å²) in [7, 11) is 1.32. The molecule has 36 heavy (non-hydrogen) atoms. The Labute approximate surface area is 213 Å². The summed E-state index contributed by atoms with van der Waals surface area (Å²) in [6, 6.07) is 12.1. The van der Waals surface area contributed by atoms with Gasteiger partial charge in [0.15, 0.2) is 11.5 Å². The van der Waals surface area contributed by atoms with Crippen LogP contribution in [0.5, 0.6) is 23.0 Å². The molecular weight excluding hydrogens is 515 g/mol. The molecule has 0 aliphatic heterocycles. The molecule has 3 aromatic carbocycles. The van der Waals surface area contributed by atoms with E-state index in [1.54, 1.807) is 18.2 Å². The number of nitrogens with zero attached hydrogens (tertiary/aromatic N) is 1. The van der Waals surface area contributed by atoms with Crippen LogP contribution in [0.15, 0.2) is 59.5 Å². The lowest BCUT2D eigenvalue weighted by Gasteiger charge is -2.25. The number of nitrogens with one attached hydrogen (secondary N) is 1. The number of anilines is 2. The van der Waals surface area contributed by atoms with Gasteiger partial charge >= 0.3 is 0 Å². The Morgan fingerprint density at radius 2 is 1.58 bits per heavy atom. The van der Waals surface area contributed by atoms with E-state index in [-0.39, 0.29) is 21.4 Å². The average Bonchev–Trinajstić information content (AvgIpc) is 2.88. The third-order valence-electron chi connectivity index (χ3n) is 5.10. The van der Waals surface area contributed by atoms with Crippen molar-refractivity contribution in [1.29, 1.82) is 0 Å². The van der Waals surface area contributed by atoms with Gasteiger partial charge in [0.05, 0.1) is 49.7 Å². The van der Waals surface area contributed by atoms with Gasteiger partial charge in [-0.25, -0.2) is 12.8 Å². The van der Waals surface area contributed by atoms with Crippen LogP contribution in [0.25, 0.3) is 0 Å². The summed E-state index contributed by atoms with van der Waals surface area (Å²) in [6.07, 6.45) is 0. The number of carbonyl (C=O) groups excluding carboxylic acids is 1. The lowest BCUT2D eigenvalue weighted by Crippen LogP contribution is -2.38. The summed E-state index contributed by atoms with van der Waals surface area (Å²) < 4.78 is 62.8. The van der Waals surface area contributed by atoms with Gasteiger partial charge in [0.1, 0.15) is 23.9 Å². The third kappa shape index (κ3) is 5.74. The number of ether oxygens (including phenoxy) is 4. The van der Waals surface area contributed by atoms with Crippen LogP contribution < -0.4 is 28.6 Å². The molecule has 9 nitrogen and oxygen atoms in total. The topological polar surface area (TPSA) is 103 Å². The molecule has 3 rings (SSSR count). The average molecular weight is 539 g/mol. The molecule has 0 saturated heterocycles. The monoisotopic (exact) mass is 538 g/mol. The summed E-state index contributed by atoms with van der Waals surface area (Å²) in [6.45, 7) is -0.659. The van der Waals surface area contributed by atoms with Gasteiger partial charge in [-0.3, -0.25) is 9.10 Å². The smallest absolute Gasteiger partial charge is 0.264 e. The number of methoxy groups -OCH3 is 4. The highest BCUT2D eigenvalue weighted by molar-refractivity contribution is 7.92. The summed E-state index contributed by atoms with van der Waals surface area (Å²) in [5, 5.41) is 2.32. The quantitative estimate of drug-likeness (QED) is 0.409. The first-order valence-corrected chi connectivity index (χ1v) is 12.2. The van der Waals surface area contributed by atoms with Gasteiger partial charge in [-0.05, 0) is 42.5 Å². The number of amides is 1. The zero-order chi connectivity index (χ0) is 26.5. The molecule has 3 aromatic rings. The molecule has 0 fully saturated rings. The highest BCUT2D eigenvalue weighted by Gasteiger charge is 2.29. The van der Waals surface area contributed by atoms with Crippen molar-refractivity contribution in [1.82, 2.24) is 0 Å². The van der Waals surface area contributed by atoms with E-state index in [0.29, 0.717) is 22.9 Å². The van der Waals surface area contributed by atoms with Crippen molar-refractivity contribution < 1.29 is 36.6 Å². The number of carbonyl (C=O) groups is 1. The van der Waals surface area contributed by atoms with Crippen LogP contribution in [0.2, 0.25) is 5.02 Å². The zero-order valence-corrected chi connectivity index (χ0v) is 21.4. The minimum Gasteiger partial charge on any atom is -0.497 e. The maximum Gasteiger partial charge on any atom is 0.264 e. The number of sulfonamides is 1. The molecule has 0 radical (unpaired) electrons. The van der Waals surface area contributed by atoms with Crippen molar-refractivity contribution in [3.05, 3.63) is 65.4 Å². The Kier molecular flexibility index (Phi) is 8.49. The van der Waals surface area contributed by atoms with Gasteiger partial charge in [0.2, 0.25) is 5.91 Å². The third-order valence-corrected chi connectivity index (χ3v) is 7.16. The Balaban J connectivity index is 2.02. The molecule has 0 heterocycles. The van der Waals surface area contributed by atoms with Crippen LogP contribution in [0, 0.1) is 5.82 Å². The minimum absolute atomic E-state index is 0.0203. The minimum atomic E-state index is -4.35. The molecular formula is C24H24ClFN2O7S. The second-order valence-corrected chi connectivity index (χ2v) is 9.51. The lowest BCUT2D eigenvalue weighted by molar-refractivity contribution is -0.114. The predicted molar refractivity (Wildman–Crippen MR) is 134 cm³/mol. The van der Waals surface area contributed by atoms with Crippen molar-refractivity contribution in [2.75, 3.05) is 44.6 Å². The second kappa shape index (κ2) is 11.4. The highest BCUT2D eigenvalue weighted by Crippen LogP contribution is 2.34. The van der Waals surface area contributed by atoms with Gasteiger partial charge in [-0.1, -0.05) is 11.6 Å². The normalized spacial score (nSPS) is 10.9. The number of hydrogen-bond donors (Lipinski definition) is 1. The van der Waals surface area contributed by atoms with Crippen LogP contribution in [0.1, 0.15) is 0 Å². The van der Waals surface area contributed by atoms with Crippen molar-refractivity contribution in [2.24, 2.45) is 0 Å². The predicted octanol–water partition coefficient (Wildman–Crippen LogP) is 4.35. The molecule has 0 unspecified atom stereocenters. The molecule has 0 bridgehead atoms. The van der Waals surface area contributed by atoms with Gasteiger partial charge in [0, 0.05) is 12.1 Å². The maximum absolute atomic E-state index is 13.8. The largest absolute Gasteiger partial charge is 0.497 e.